The van der Waals surface area contributed by atoms with E-state index in [1.54, 1.807) is 12.1 Å². The molecule has 0 aliphatic carbocycles. The number of aromatic hydroxyl groups is 1. The number of hydrogen-bond donors (Lipinski definition) is 1. The minimum atomic E-state index is -0.650. The Balaban J connectivity index is 2.33. The van der Waals surface area contributed by atoms with E-state index < -0.39 is 5.97 Å². The van der Waals surface area contributed by atoms with E-state index in [4.69, 9.17) is 18.9 Å². The van der Waals surface area contributed by atoms with Crippen LogP contribution in [0.5, 0.6) is 28.7 Å². The minimum absolute atomic E-state index is 0.0803. The molecule has 0 saturated carbocycles. The molecular weight excluding hydrogens is 336 g/mol. The zero-order chi connectivity index (χ0) is 19.5. The van der Waals surface area contributed by atoms with Crippen molar-refractivity contribution in [2.45, 2.75) is 26.2 Å². The molecule has 0 aliphatic heterocycles. The van der Waals surface area contributed by atoms with Crippen molar-refractivity contribution in [2.75, 3.05) is 21.3 Å². The fraction of sp³-hybridized carbons (Fsp3) is 0.350. The molecule has 2 aromatic rings. The number of benzene rings is 2. The van der Waals surface area contributed by atoms with Crippen molar-refractivity contribution in [1.82, 2.24) is 0 Å². The molecule has 140 valence electrons. The summed E-state index contributed by atoms with van der Waals surface area (Å²) in [4.78, 5) is 12.5. The number of ether oxygens (including phenoxy) is 4. The van der Waals surface area contributed by atoms with Crippen LogP contribution in [-0.4, -0.2) is 32.4 Å². The van der Waals surface area contributed by atoms with Crippen molar-refractivity contribution in [3.63, 3.8) is 0 Å². The summed E-state index contributed by atoms with van der Waals surface area (Å²) in [6, 6.07) is 7.97. The summed E-state index contributed by atoms with van der Waals surface area (Å²) in [5.41, 5.74) is 1.01. The zero-order valence-corrected chi connectivity index (χ0v) is 15.9. The van der Waals surface area contributed by atoms with Gasteiger partial charge in [-0.05, 0) is 35.2 Å². The Morgan fingerprint density at radius 3 is 1.88 bits per heavy atom. The number of carbonyl (C=O) groups is 1. The molecule has 6 nitrogen and oxygen atoms in total. The fourth-order valence-electron chi connectivity index (χ4n) is 2.43. The molecule has 0 amide bonds. The summed E-state index contributed by atoms with van der Waals surface area (Å²) in [6.45, 7) is 6.09. The van der Waals surface area contributed by atoms with Gasteiger partial charge in [-0.3, -0.25) is 0 Å². The molecule has 26 heavy (non-hydrogen) atoms. The summed E-state index contributed by atoms with van der Waals surface area (Å²) < 4.78 is 21.0. The molecule has 1 N–H and O–H groups in total. The molecule has 0 unspecified atom stereocenters. The maximum absolute atomic E-state index is 12.5. The van der Waals surface area contributed by atoms with Crippen LogP contribution in [0, 0.1) is 0 Å². The predicted molar refractivity (Wildman–Crippen MR) is 97.9 cm³/mol. The van der Waals surface area contributed by atoms with Gasteiger partial charge in [-0.25, -0.2) is 4.79 Å². The quantitative estimate of drug-likeness (QED) is 0.643. The van der Waals surface area contributed by atoms with Crippen LogP contribution >= 0.6 is 0 Å². The van der Waals surface area contributed by atoms with Crippen molar-refractivity contribution < 1.29 is 28.8 Å². The van der Waals surface area contributed by atoms with Crippen molar-refractivity contribution in [2.24, 2.45) is 0 Å². The topological polar surface area (TPSA) is 74.2 Å². The van der Waals surface area contributed by atoms with E-state index >= 15 is 0 Å². The van der Waals surface area contributed by atoms with Crippen molar-refractivity contribution >= 4 is 5.97 Å². The largest absolute Gasteiger partial charge is 0.504 e. The van der Waals surface area contributed by atoms with Gasteiger partial charge < -0.3 is 24.1 Å². The number of phenols is 1. The van der Waals surface area contributed by atoms with Gasteiger partial charge in [0.2, 0.25) is 5.75 Å². The minimum Gasteiger partial charge on any atom is -0.504 e. The van der Waals surface area contributed by atoms with E-state index in [2.05, 4.69) is 0 Å². The van der Waals surface area contributed by atoms with Crippen molar-refractivity contribution in [3.8, 4) is 28.7 Å². The molecule has 6 heteroatoms. The third kappa shape index (κ3) is 4.02. The molecule has 0 aliphatic rings. The highest BCUT2D eigenvalue weighted by molar-refractivity contribution is 5.93. The van der Waals surface area contributed by atoms with Gasteiger partial charge in [0.05, 0.1) is 26.9 Å². The lowest BCUT2D eigenvalue weighted by atomic mass is 9.87. The summed E-state index contributed by atoms with van der Waals surface area (Å²) in [5, 5.41) is 10.2. The molecule has 0 fully saturated rings. The van der Waals surface area contributed by atoms with Crippen LogP contribution in [0.1, 0.15) is 36.7 Å². The van der Waals surface area contributed by atoms with E-state index in [1.165, 1.54) is 33.5 Å². The standard InChI is InChI=1S/C20H24O6/c1-20(2,3)13-7-8-15(14(21)11-13)26-19(22)12-9-16(23-4)18(25-6)17(10-12)24-5/h7-11,21H,1-6H3. The number of methoxy groups -OCH3 is 3. The van der Waals surface area contributed by atoms with Crippen LogP contribution in [0.4, 0.5) is 0 Å². The summed E-state index contributed by atoms with van der Waals surface area (Å²) in [7, 11) is 4.40. The zero-order valence-electron chi connectivity index (χ0n) is 15.9. The van der Waals surface area contributed by atoms with E-state index in [1.807, 2.05) is 26.8 Å². The van der Waals surface area contributed by atoms with Crippen LogP contribution in [0.15, 0.2) is 30.3 Å². The second kappa shape index (κ2) is 7.56. The Labute approximate surface area is 153 Å². The molecule has 0 atom stereocenters. The molecule has 0 saturated heterocycles. The molecular formula is C20H24O6. The highest BCUT2D eigenvalue weighted by atomic mass is 16.5. The smallest absolute Gasteiger partial charge is 0.343 e. The molecule has 0 spiro atoms. The van der Waals surface area contributed by atoms with Gasteiger partial charge in [-0.1, -0.05) is 26.8 Å². The average Bonchev–Trinajstić information content (AvgIpc) is 2.60. The van der Waals surface area contributed by atoms with E-state index in [-0.39, 0.29) is 22.5 Å². The first-order valence-corrected chi connectivity index (χ1v) is 8.07. The third-order valence-electron chi connectivity index (χ3n) is 3.93. The monoisotopic (exact) mass is 360 g/mol. The normalized spacial score (nSPS) is 11.0. The van der Waals surface area contributed by atoms with Crippen LogP contribution in [0.2, 0.25) is 0 Å². The number of phenolic OH excluding ortho intramolecular Hbond substituents is 1. The number of hydrogen-bond acceptors (Lipinski definition) is 6. The van der Waals surface area contributed by atoms with Gasteiger partial charge in [-0.15, -0.1) is 0 Å². The Morgan fingerprint density at radius 1 is 0.885 bits per heavy atom. The molecule has 0 aromatic heterocycles. The number of carbonyl (C=O) groups excluding carboxylic acids is 1. The Hall–Kier alpha value is -2.89. The van der Waals surface area contributed by atoms with Gasteiger partial charge in [0.1, 0.15) is 0 Å². The maximum Gasteiger partial charge on any atom is 0.343 e. The van der Waals surface area contributed by atoms with Gasteiger partial charge in [-0.2, -0.15) is 0 Å². The fourth-order valence-corrected chi connectivity index (χ4v) is 2.43. The first kappa shape index (κ1) is 19.4. The average molecular weight is 360 g/mol. The summed E-state index contributed by atoms with van der Waals surface area (Å²) >= 11 is 0. The summed E-state index contributed by atoms with van der Waals surface area (Å²) in [6.07, 6.45) is 0. The van der Waals surface area contributed by atoms with Crippen LogP contribution in [-0.2, 0) is 5.41 Å². The van der Waals surface area contributed by atoms with Gasteiger partial charge in [0.25, 0.3) is 0 Å². The lowest BCUT2D eigenvalue weighted by Crippen LogP contribution is -2.12. The van der Waals surface area contributed by atoms with Crippen LogP contribution < -0.4 is 18.9 Å². The molecule has 0 radical (unpaired) electrons. The Bertz CT molecular complexity index is 779. The second-order valence-electron chi connectivity index (χ2n) is 6.74. The molecule has 0 bridgehead atoms. The van der Waals surface area contributed by atoms with Gasteiger partial charge in [0.15, 0.2) is 23.0 Å². The summed E-state index contributed by atoms with van der Waals surface area (Å²) in [5.74, 6) is 0.388. The lowest BCUT2D eigenvalue weighted by molar-refractivity contribution is 0.0728. The number of esters is 1. The van der Waals surface area contributed by atoms with Crippen LogP contribution in [0.25, 0.3) is 0 Å². The Kier molecular flexibility index (Phi) is 5.65. The van der Waals surface area contributed by atoms with Gasteiger partial charge >= 0.3 is 5.97 Å². The van der Waals surface area contributed by atoms with E-state index in [0.29, 0.717) is 17.2 Å². The first-order chi connectivity index (χ1) is 12.2. The van der Waals surface area contributed by atoms with Crippen molar-refractivity contribution in [1.29, 1.82) is 0 Å². The highest BCUT2D eigenvalue weighted by Gasteiger charge is 2.20. The molecule has 0 heterocycles. The third-order valence-corrected chi connectivity index (χ3v) is 3.93. The first-order valence-electron chi connectivity index (χ1n) is 8.07. The Morgan fingerprint density at radius 2 is 1.46 bits per heavy atom. The highest BCUT2D eigenvalue weighted by Crippen LogP contribution is 2.39. The van der Waals surface area contributed by atoms with Crippen LogP contribution in [0.3, 0.4) is 0 Å². The van der Waals surface area contributed by atoms with Crippen molar-refractivity contribution in [3.05, 3.63) is 41.5 Å². The van der Waals surface area contributed by atoms with E-state index in [9.17, 15) is 9.90 Å². The maximum atomic E-state index is 12.5. The SMILES string of the molecule is COc1cc(C(=O)Oc2ccc(C(C)(C)C)cc2O)cc(OC)c1OC. The van der Waals surface area contributed by atoms with E-state index in [0.717, 1.165) is 5.56 Å². The molecule has 2 aromatic carbocycles. The predicted octanol–water partition coefficient (Wildman–Crippen LogP) is 3.93. The lowest BCUT2D eigenvalue weighted by Gasteiger charge is -2.19. The molecule has 2 rings (SSSR count). The van der Waals surface area contributed by atoms with Gasteiger partial charge in [0, 0.05) is 0 Å². The number of rotatable bonds is 5. The second-order valence-corrected chi connectivity index (χ2v) is 6.74.